The highest BCUT2D eigenvalue weighted by atomic mass is 16.4. The Balaban J connectivity index is 2.67. The maximum Gasteiger partial charge on any atom is 0.360 e. The van der Waals surface area contributed by atoms with E-state index >= 15 is 0 Å². The van der Waals surface area contributed by atoms with E-state index in [9.17, 15) is 9.59 Å². The van der Waals surface area contributed by atoms with Gasteiger partial charge in [-0.1, -0.05) is 0 Å². The molecule has 0 atom stereocenters. The molecule has 2 rings (SSSR count). The summed E-state index contributed by atoms with van der Waals surface area (Å²) in [6.07, 6.45) is 3.13. The van der Waals surface area contributed by atoms with Gasteiger partial charge in [-0.15, -0.1) is 0 Å². The summed E-state index contributed by atoms with van der Waals surface area (Å²) in [6, 6.07) is 4.67. The summed E-state index contributed by atoms with van der Waals surface area (Å²) < 4.78 is 1.37. The molecule has 0 bridgehead atoms. The molecule has 2 heterocycles. The summed E-state index contributed by atoms with van der Waals surface area (Å²) in [4.78, 5) is 26.1. The van der Waals surface area contributed by atoms with Crippen molar-refractivity contribution in [1.82, 2.24) is 14.8 Å². The smallest absolute Gasteiger partial charge is 0.360 e. The summed E-state index contributed by atoms with van der Waals surface area (Å²) in [5, 5.41) is 12.6. The first-order chi connectivity index (χ1) is 8.09. The van der Waals surface area contributed by atoms with E-state index in [0.29, 0.717) is 11.4 Å². The van der Waals surface area contributed by atoms with E-state index in [0.717, 1.165) is 0 Å². The lowest BCUT2D eigenvalue weighted by Crippen LogP contribution is -2.22. The normalized spacial score (nSPS) is 10.2. The molecule has 0 saturated heterocycles. The molecule has 0 aliphatic heterocycles. The topological polar surface area (TPSA) is 85.1 Å². The third kappa shape index (κ3) is 2.05. The monoisotopic (exact) mass is 231 g/mol. The number of nitrogens with zero attached hydrogens (tertiary/aromatic N) is 3. The Morgan fingerprint density at radius 3 is 2.82 bits per heavy atom. The highest BCUT2D eigenvalue weighted by molar-refractivity contribution is 5.84. The van der Waals surface area contributed by atoms with Crippen molar-refractivity contribution in [2.75, 3.05) is 0 Å². The van der Waals surface area contributed by atoms with Gasteiger partial charge in [0.15, 0.2) is 0 Å². The van der Waals surface area contributed by atoms with Crippen molar-refractivity contribution in [2.45, 2.75) is 6.92 Å². The van der Waals surface area contributed by atoms with E-state index in [4.69, 9.17) is 5.11 Å². The second kappa shape index (κ2) is 4.17. The van der Waals surface area contributed by atoms with Gasteiger partial charge in [-0.25, -0.2) is 9.48 Å². The van der Waals surface area contributed by atoms with E-state index in [1.807, 2.05) is 0 Å². The molecule has 0 unspecified atom stereocenters. The number of aromatic carboxylic acids is 1. The Kier molecular flexibility index (Phi) is 2.70. The number of rotatable bonds is 2. The molecular formula is C11H9N3O3. The van der Waals surface area contributed by atoms with Gasteiger partial charge in [0.25, 0.3) is 0 Å². The summed E-state index contributed by atoms with van der Waals surface area (Å²) in [5.74, 6) is -1.34. The SMILES string of the molecule is Cc1cc(=O)c(C(=O)O)nn1-c1cccnc1. The number of pyridine rings is 1. The minimum atomic E-state index is -1.34. The molecule has 6 heteroatoms. The van der Waals surface area contributed by atoms with Gasteiger partial charge in [0, 0.05) is 18.0 Å². The molecule has 0 aliphatic carbocycles. The fourth-order valence-corrected chi connectivity index (χ4v) is 1.44. The van der Waals surface area contributed by atoms with Crippen LogP contribution in [-0.2, 0) is 0 Å². The van der Waals surface area contributed by atoms with Crippen molar-refractivity contribution < 1.29 is 9.90 Å². The summed E-state index contributed by atoms with van der Waals surface area (Å²) in [7, 11) is 0. The molecule has 2 aromatic heterocycles. The fourth-order valence-electron chi connectivity index (χ4n) is 1.44. The van der Waals surface area contributed by atoms with E-state index < -0.39 is 17.1 Å². The van der Waals surface area contributed by atoms with Crippen LogP contribution in [0.1, 0.15) is 16.2 Å². The second-order valence-electron chi connectivity index (χ2n) is 3.43. The van der Waals surface area contributed by atoms with Crippen LogP contribution in [0.2, 0.25) is 0 Å². The van der Waals surface area contributed by atoms with Crippen molar-refractivity contribution in [2.24, 2.45) is 0 Å². The molecule has 0 spiro atoms. The zero-order valence-corrected chi connectivity index (χ0v) is 8.99. The molecule has 0 aromatic carbocycles. The Bertz CT molecular complexity index is 620. The lowest BCUT2D eigenvalue weighted by Gasteiger charge is -2.08. The van der Waals surface area contributed by atoms with Crippen LogP contribution in [0.4, 0.5) is 0 Å². The third-order valence-electron chi connectivity index (χ3n) is 2.20. The van der Waals surface area contributed by atoms with Crippen LogP contribution in [-0.4, -0.2) is 25.8 Å². The highest BCUT2D eigenvalue weighted by Crippen LogP contribution is 2.06. The predicted octanol–water partition coefficient (Wildman–Crippen LogP) is 0.634. The first-order valence-corrected chi connectivity index (χ1v) is 4.84. The molecule has 6 nitrogen and oxygen atoms in total. The largest absolute Gasteiger partial charge is 0.476 e. The van der Waals surface area contributed by atoms with Crippen molar-refractivity contribution in [3.63, 3.8) is 0 Å². The molecule has 0 saturated carbocycles. The first-order valence-electron chi connectivity index (χ1n) is 4.84. The Hall–Kier alpha value is -2.50. The van der Waals surface area contributed by atoms with Gasteiger partial charge >= 0.3 is 5.97 Å². The lowest BCUT2D eigenvalue weighted by atomic mass is 10.3. The van der Waals surface area contributed by atoms with Crippen LogP contribution in [0.5, 0.6) is 0 Å². The average molecular weight is 231 g/mol. The van der Waals surface area contributed by atoms with Crippen LogP contribution in [0.15, 0.2) is 35.4 Å². The Labute approximate surface area is 96.2 Å². The number of carbonyl (C=O) groups is 1. The number of aromatic nitrogens is 3. The summed E-state index contributed by atoms with van der Waals surface area (Å²) in [5.41, 5.74) is 0.0510. The minimum absolute atomic E-state index is 0.501. The fraction of sp³-hybridized carbons (Fsp3) is 0.0909. The van der Waals surface area contributed by atoms with E-state index in [1.165, 1.54) is 16.9 Å². The third-order valence-corrected chi connectivity index (χ3v) is 2.20. The summed E-state index contributed by atoms with van der Waals surface area (Å²) in [6.45, 7) is 1.67. The predicted molar refractivity (Wildman–Crippen MR) is 59.3 cm³/mol. The van der Waals surface area contributed by atoms with E-state index in [2.05, 4.69) is 10.1 Å². The molecule has 0 aliphatic rings. The quantitative estimate of drug-likeness (QED) is 0.819. The van der Waals surface area contributed by atoms with Crippen molar-refractivity contribution in [3.05, 3.63) is 52.2 Å². The van der Waals surface area contributed by atoms with Crippen LogP contribution < -0.4 is 5.43 Å². The van der Waals surface area contributed by atoms with Crippen LogP contribution in [0, 0.1) is 6.92 Å². The second-order valence-corrected chi connectivity index (χ2v) is 3.43. The number of hydrogen-bond donors (Lipinski definition) is 1. The van der Waals surface area contributed by atoms with Crippen molar-refractivity contribution >= 4 is 5.97 Å². The van der Waals surface area contributed by atoms with Crippen LogP contribution in [0.25, 0.3) is 5.69 Å². The maximum absolute atomic E-state index is 11.4. The molecule has 86 valence electrons. The van der Waals surface area contributed by atoms with E-state index in [1.54, 1.807) is 25.3 Å². The zero-order chi connectivity index (χ0) is 12.4. The zero-order valence-electron chi connectivity index (χ0n) is 8.99. The number of aryl methyl sites for hydroxylation is 1. The van der Waals surface area contributed by atoms with Gasteiger partial charge in [0.05, 0.1) is 11.9 Å². The Morgan fingerprint density at radius 1 is 1.47 bits per heavy atom. The van der Waals surface area contributed by atoms with Crippen LogP contribution in [0.3, 0.4) is 0 Å². The molecule has 0 amide bonds. The van der Waals surface area contributed by atoms with E-state index in [-0.39, 0.29) is 0 Å². The first kappa shape index (κ1) is 11.0. The average Bonchev–Trinajstić information content (AvgIpc) is 2.29. The minimum Gasteiger partial charge on any atom is -0.476 e. The molecule has 2 aromatic rings. The van der Waals surface area contributed by atoms with Gasteiger partial charge in [-0.3, -0.25) is 9.78 Å². The van der Waals surface area contributed by atoms with Gasteiger partial charge in [0.1, 0.15) is 0 Å². The maximum atomic E-state index is 11.4. The molecule has 17 heavy (non-hydrogen) atoms. The van der Waals surface area contributed by atoms with Gasteiger partial charge in [0.2, 0.25) is 11.1 Å². The highest BCUT2D eigenvalue weighted by Gasteiger charge is 2.13. The molecule has 1 N–H and O–H groups in total. The van der Waals surface area contributed by atoms with Gasteiger partial charge in [-0.05, 0) is 19.1 Å². The number of hydrogen-bond acceptors (Lipinski definition) is 4. The van der Waals surface area contributed by atoms with Crippen molar-refractivity contribution in [1.29, 1.82) is 0 Å². The van der Waals surface area contributed by atoms with Gasteiger partial charge < -0.3 is 5.11 Å². The molecular weight excluding hydrogens is 222 g/mol. The Morgan fingerprint density at radius 2 is 2.24 bits per heavy atom. The lowest BCUT2D eigenvalue weighted by molar-refractivity contribution is 0.0686. The molecule has 0 radical (unpaired) electrons. The number of carboxylic acids is 1. The van der Waals surface area contributed by atoms with Crippen molar-refractivity contribution in [3.8, 4) is 5.69 Å². The standard InChI is InChI=1S/C11H9N3O3/c1-7-5-9(15)10(11(16)17)13-14(7)8-3-2-4-12-6-8/h2-6H,1H3,(H,16,17). The summed E-state index contributed by atoms with van der Waals surface area (Å²) >= 11 is 0. The van der Waals surface area contributed by atoms with Crippen LogP contribution >= 0.6 is 0 Å². The number of carboxylic acid groups (broad SMARTS) is 1. The molecule has 0 fully saturated rings. The van der Waals surface area contributed by atoms with Gasteiger partial charge in [-0.2, -0.15) is 5.10 Å².